The molecule has 0 unspecified atom stereocenters. The van der Waals surface area contributed by atoms with Gasteiger partial charge in [0.2, 0.25) is 0 Å². The van der Waals surface area contributed by atoms with Gasteiger partial charge in [-0.2, -0.15) is 10.2 Å². The Morgan fingerprint density at radius 2 is 2.41 bits per heavy atom. The van der Waals surface area contributed by atoms with Crippen molar-refractivity contribution < 1.29 is 4.79 Å². The Bertz CT molecular complexity index is 545. The van der Waals surface area contributed by atoms with Crippen LogP contribution in [0.1, 0.15) is 23.0 Å². The van der Waals surface area contributed by atoms with Crippen LogP contribution in [0.4, 0.5) is 5.69 Å². The van der Waals surface area contributed by atoms with Crippen molar-refractivity contribution in [1.82, 2.24) is 20.0 Å². The number of aromatic amines is 1. The first-order chi connectivity index (χ1) is 8.11. The molecule has 2 aromatic rings. The number of aryl methyl sites for hydroxylation is 2. The van der Waals surface area contributed by atoms with E-state index in [0.717, 1.165) is 21.5 Å². The maximum absolute atomic E-state index is 12.0. The number of carbonyl (C=O) groups excluding carboxylic acids is 1. The fraction of sp³-hybridized carbons (Fsp3) is 0.300. The molecule has 90 valence electrons. The number of hydrogen-bond acceptors (Lipinski definition) is 3. The molecule has 6 nitrogen and oxygen atoms in total. The Labute approximate surface area is 112 Å². The minimum absolute atomic E-state index is 0.175. The molecule has 0 aliphatic heterocycles. The van der Waals surface area contributed by atoms with Crippen LogP contribution in [0.25, 0.3) is 0 Å². The van der Waals surface area contributed by atoms with Gasteiger partial charge in [-0.15, -0.1) is 0 Å². The van der Waals surface area contributed by atoms with Gasteiger partial charge in [-0.3, -0.25) is 14.6 Å². The standard InChI is InChI=1S/C10H12IN5O/c1-3-7-8(5-16(2)15-7)13-10(17)6-4-12-14-9(6)11/h4-5H,3H2,1-2H3,(H,12,14)(H,13,17). The van der Waals surface area contributed by atoms with Gasteiger partial charge in [-0.05, 0) is 29.0 Å². The summed E-state index contributed by atoms with van der Waals surface area (Å²) < 4.78 is 2.41. The highest BCUT2D eigenvalue weighted by Crippen LogP contribution is 2.16. The number of aromatic nitrogens is 4. The van der Waals surface area contributed by atoms with Gasteiger partial charge in [0.25, 0.3) is 5.91 Å². The lowest BCUT2D eigenvalue weighted by molar-refractivity contribution is 0.102. The molecule has 0 atom stereocenters. The molecule has 1 amide bonds. The normalized spacial score (nSPS) is 10.5. The first-order valence-corrected chi connectivity index (χ1v) is 6.22. The third-order valence-electron chi connectivity index (χ3n) is 2.33. The summed E-state index contributed by atoms with van der Waals surface area (Å²) in [5.74, 6) is -0.175. The maximum Gasteiger partial charge on any atom is 0.260 e. The van der Waals surface area contributed by atoms with Crippen LogP contribution in [0.15, 0.2) is 12.4 Å². The molecule has 0 spiro atoms. The van der Waals surface area contributed by atoms with E-state index in [1.807, 2.05) is 36.6 Å². The fourth-order valence-electron chi connectivity index (χ4n) is 1.52. The molecule has 2 rings (SSSR count). The van der Waals surface area contributed by atoms with E-state index in [9.17, 15) is 4.79 Å². The van der Waals surface area contributed by atoms with Crippen LogP contribution in [-0.4, -0.2) is 25.9 Å². The maximum atomic E-state index is 12.0. The zero-order valence-corrected chi connectivity index (χ0v) is 11.6. The van der Waals surface area contributed by atoms with E-state index < -0.39 is 0 Å². The minimum atomic E-state index is -0.175. The first-order valence-electron chi connectivity index (χ1n) is 5.14. The summed E-state index contributed by atoms with van der Waals surface area (Å²) >= 11 is 2.04. The van der Waals surface area contributed by atoms with E-state index in [1.54, 1.807) is 10.9 Å². The summed E-state index contributed by atoms with van der Waals surface area (Å²) in [6.45, 7) is 2.00. The monoisotopic (exact) mass is 345 g/mol. The summed E-state index contributed by atoms with van der Waals surface area (Å²) in [6, 6.07) is 0. The highest BCUT2D eigenvalue weighted by atomic mass is 127. The third-order valence-corrected chi connectivity index (χ3v) is 3.15. The van der Waals surface area contributed by atoms with Gasteiger partial charge >= 0.3 is 0 Å². The van der Waals surface area contributed by atoms with Gasteiger partial charge in [-0.1, -0.05) is 6.92 Å². The van der Waals surface area contributed by atoms with Crippen molar-refractivity contribution in [2.75, 3.05) is 5.32 Å². The van der Waals surface area contributed by atoms with Gasteiger partial charge in [0.1, 0.15) is 3.70 Å². The second kappa shape index (κ2) is 4.86. The highest BCUT2D eigenvalue weighted by molar-refractivity contribution is 14.1. The van der Waals surface area contributed by atoms with Gasteiger partial charge in [0.05, 0.1) is 23.1 Å². The number of H-pyrrole nitrogens is 1. The zero-order chi connectivity index (χ0) is 12.4. The lowest BCUT2D eigenvalue weighted by Gasteiger charge is -2.02. The fourth-order valence-corrected chi connectivity index (χ4v) is 2.04. The van der Waals surface area contributed by atoms with Crippen molar-refractivity contribution in [2.24, 2.45) is 7.05 Å². The topological polar surface area (TPSA) is 75.6 Å². The molecule has 2 N–H and O–H groups in total. The Morgan fingerprint density at radius 3 is 3.00 bits per heavy atom. The largest absolute Gasteiger partial charge is 0.319 e. The van der Waals surface area contributed by atoms with Gasteiger partial charge < -0.3 is 5.32 Å². The number of amides is 1. The van der Waals surface area contributed by atoms with Crippen molar-refractivity contribution in [3.05, 3.63) is 27.4 Å². The van der Waals surface area contributed by atoms with Crippen molar-refractivity contribution in [3.8, 4) is 0 Å². The molecule has 0 bridgehead atoms. The molecule has 2 aromatic heterocycles. The molecule has 17 heavy (non-hydrogen) atoms. The van der Waals surface area contributed by atoms with E-state index in [2.05, 4.69) is 20.6 Å². The summed E-state index contributed by atoms with van der Waals surface area (Å²) in [4.78, 5) is 12.0. The second-order valence-electron chi connectivity index (χ2n) is 3.57. The van der Waals surface area contributed by atoms with Crippen LogP contribution >= 0.6 is 22.6 Å². The summed E-state index contributed by atoms with van der Waals surface area (Å²) in [6.07, 6.45) is 4.09. The number of carbonyl (C=O) groups is 1. The van der Waals surface area contributed by atoms with Crippen LogP contribution < -0.4 is 5.32 Å². The molecular weight excluding hydrogens is 333 g/mol. The number of halogens is 1. The Balaban J connectivity index is 2.21. The molecule has 0 aliphatic rings. The minimum Gasteiger partial charge on any atom is -0.319 e. The second-order valence-corrected chi connectivity index (χ2v) is 4.65. The highest BCUT2D eigenvalue weighted by Gasteiger charge is 2.14. The summed E-state index contributed by atoms with van der Waals surface area (Å²) in [5.41, 5.74) is 2.16. The van der Waals surface area contributed by atoms with Crippen LogP contribution in [0.5, 0.6) is 0 Å². The van der Waals surface area contributed by atoms with Crippen LogP contribution in [0, 0.1) is 3.70 Å². The van der Waals surface area contributed by atoms with Crippen LogP contribution in [0.2, 0.25) is 0 Å². The summed E-state index contributed by atoms with van der Waals surface area (Å²) in [7, 11) is 1.83. The average Bonchev–Trinajstić information content (AvgIpc) is 2.84. The number of nitrogens with zero attached hydrogens (tertiary/aromatic N) is 3. The molecular formula is C10H12IN5O. The molecule has 0 radical (unpaired) electrons. The Morgan fingerprint density at radius 1 is 1.65 bits per heavy atom. The quantitative estimate of drug-likeness (QED) is 0.829. The lowest BCUT2D eigenvalue weighted by atomic mass is 10.3. The predicted molar refractivity (Wildman–Crippen MR) is 71.8 cm³/mol. The number of anilines is 1. The van der Waals surface area contributed by atoms with E-state index in [1.165, 1.54) is 6.20 Å². The molecule has 0 fully saturated rings. The van der Waals surface area contributed by atoms with Crippen molar-refractivity contribution in [3.63, 3.8) is 0 Å². The third kappa shape index (κ3) is 2.48. The predicted octanol–water partition coefficient (Wildman–Crippen LogP) is 1.56. The van der Waals surface area contributed by atoms with E-state index in [0.29, 0.717) is 5.56 Å². The van der Waals surface area contributed by atoms with E-state index in [-0.39, 0.29) is 5.91 Å². The molecule has 2 heterocycles. The van der Waals surface area contributed by atoms with Gasteiger partial charge in [0.15, 0.2) is 0 Å². The molecule has 7 heteroatoms. The van der Waals surface area contributed by atoms with E-state index in [4.69, 9.17) is 0 Å². The molecule has 0 aliphatic carbocycles. The number of hydrogen-bond donors (Lipinski definition) is 2. The zero-order valence-electron chi connectivity index (χ0n) is 9.49. The lowest BCUT2D eigenvalue weighted by Crippen LogP contribution is -2.13. The Hall–Kier alpha value is -1.38. The van der Waals surface area contributed by atoms with Crippen molar-refractivity contribution >= 4 is 34.2 Å². The number of nitrogens with one attached hydrogen (secondary N) is 2. The van der Waals surface area contributed by atoms with Crippen molar-refractivity contribution in [1.29, 1.82) is 0 Å². The number of rotatable bonds is 3. The molecule has 0 aromatic carbocycles. The summed E-state index contributed by atoms with van der Waals surface area (Å²) in [5, 5.41) is 13.6. The van der Waals surface area contributed by atoms with E-state index >= 15 is 0 Å². The van der Waals surface area contributed by atoms with Crippen LogP contribution in [-0.2, 0) is 13.5 Å². The van der Waals surface area contributed by atoms with Gasteiger partial charge in [-0.25, -0.2) is 0 Å². The smallest absolute Gasteiger partial charge is 0.260 e. The average molecular weight is 345 g/mol. The Kier molecular flexibility index (Phi) is 3.46. The first kappa shape index (κ1) is 12.1. The SMILES string of the molecule is CCc1nn(C)cc1NC(=O)c1cn[nH]c1I. The molecule has 0 saturated heterocycles. The van der Waals surface area contributed by atoms with Crippen molar-refractivity contribution in [2.45, 2.75) is 13.3 Å². The van der Waals surface area contributed by atoms with Crippen LogP contribution in [0.3, 0.4) is 0 Å². The molecule has 0 saturated carbocycles. The van der Waals surface area contributed by atoms with Gasteiger partial charge in [0, 0.05) is 13.2 Å².